The molecule has 1 N–H and O–H groups in total. The number of amides is 2. The van der Waals surface area contributed by atoms with Crippen molar-refractivity contribution in [3.63, 3.8) is 0 Å². The van der Waals surface area contributed by atoms with Gasteiger partial charge in [0.15, 0.2) is 0 Å². The predicted molar refractivity (Wildman–Crippen MR) is 107 cm³/mol. The number of aromatic nitrogens is 1. The minimum absolute atomic E-state index is 0.0259. The second-order valence-corrected chi connectivity index (χ2v) is 7.45. The Bertz CT molecular complexity index is 928. The van der Waals surface area contributed by atoms with Gasteiger partial charge < -0.3 is 19.7 Å². The molecular weight excluding hydrogens is 413 g/mol. The van der Waals surface area contributed by atoms with Gasteiger partial charge in [0.1, 0.15) is 5.75 Å². The van der Waals surface area contributed by atoms with Gasteiger partial charge in [-0.25, -0.2) is 9.78 Å². The summed E-state index contributed by atoms with van der Waals surface area (Å²) in [5.74, 6) is 0.754. The van der Waals surface area contributed by atoms with Crippen molar-refractivity contribution >= 4 is 11.7 Å². The van der Waals surface area contributed by atoms with E-state index >= 15 is 0 Å². The van der Waals surface area contributed by atoms with Crippen LogP contribution in [0.4, 0.5) is 23.7 Å². The van der Waals surface area contributed by atoms with Gasteiger partial charge in [0.2, 0.25) is 5.88 Å². The van der Waals surface area contributed by atoms with E-state index in [1.165, 1.54) is 19.4 Å². The lowest BCUT2D eigenvalue weighted by molar-refractivity contribution is -0.137. The molecule has 2 aliphatic heterocycles. The molecule has 0 radical (unpaired) electrons. The zero-order chi connectivity index (χ0) is 22.0. The SMILES string of the molecule is COc1ccc(NC(=O)N2CCN(C3CCOc4cc(C(F)(F)F)ccc43)CC2)cn1. The zero-order valence-electron chi connectivity index (χ0n) is 17.0. The van der Waals surface area contributed by atoms with E-state index in [1.807, 2.05) is 0 Å². The van der Waals surface area contributed by atoms with Gasteiger partial charge in [-0.2, -0.15) is 13.2 Å². The Morgan fingerprint density at radius 2 is 1.97 bits per heavy atom. The number of hydrogen-bond acceptors (Lipinski definition) is 5. The topological polar surface area (TPSA) is 66.9 Å². The van der Waals surface area contributed by atoms with Crippen molar-refractivity contribution in [2.45, 2.75) is 18.6 Å². The zero-order valence-corrected chi connectivity index (χ0v) is 17.0. The molecule has 2 amide bonds. The van der Waals surface area contributed by atoms with Gasteiger partial charge in [-0.3, -0.25) is 4.90 Å². The number of rotatable bonds is 3. The van der Waals surface area contributed by atoms with Crippen LogP contribution in [-0.4, -0.2) is 60.7 Å². The fourth-order valence-electron chi connectivity index (χ4n) is 3.94. The van der Waals surface area contributed by atoms with Crippen molar-refractivity contribution in [2.24, 2.45) is 0 Å². The fraction of sp³-hybridized carbons (Fsp3) is 0.429. The molecule has 1 atom stereocenters. The van der Waals surface area contributed by atoms with E-state index in [1.54, 1.807) is 17.0 Å². The number of fused-ring (bicyclic) bond motifs is 1. The molecule has 1 aromatic carbocycles. The lowest BCUT2D eigenvalue weighted by Gasteiger charge is -2.41. The molecule has 1 fully saturated rings. The molecule has 31 heavy (non-hydrogen) atoms. The number of hydrogen-bond donors (Lipinski definition) is 1. The van der Waals surface area contributed by atoms with Gasteiger partial charge in [0, 0.05) is 50.3 Å². The second kappa shape index (κ2) is 8.62. The number of anilines is 1. The number of nitrogens with one attached hydrogen (secondary N) is 1. The summed E-state index contributed by atoms with van der Waals surface area (Å²) in [5, 5.41) is 2.82. The number of nitrogens with zero attached hydrogens (tertiary/aromatic N) is 3. The predicted octanol–water partition coefficient (Wildman–Crippen LogP) is 3.78. The maximum atomic E-state index is 13.0. The lowest BCUT2D eigenvalue weighted by atomic mass is 9.96. The second-order valence-electron chi connectivity index (χ2n) is 7.45. The van der Waals surface area contributed by atoms with E-state index in [4.69, 9.17) is 9.47 Å². The van der Waals surface area contributed by atoms with E-state index < -0.39 is 11.7 Å². The van der Waals surface area contributed by atoms with Crippen molar-refractivity contribution in [3.05, 3.63) is 47.7 Å². The number of halogens is 3. The van der Waals surface area contributed by atoms with Crippen LogP contribution in [0.1, 0.15) is 23.6 Å². The highest BCUT2D eigenvalue weighted by Crippen LogP contribution is 2.40. The normalized spacial score (nSPS) is 19.4. The van der Waals surface area contributed by atoms with Gasteiger partial charge in [-0.05, 0) is 18.2 Å². The summed E-state index contributed by atoms with van der Waals surface area (Å²) in [6.07, 6.45) is -2.17. The molecule has 0 bridgehead atoms. The van der Waals surface area contributed by atoms with Crippen molar-refractivity contribution in [3.8, 4) is 11.6 Å². The summed E-state index contributed by atoms with van der Waals surface area (Å²) in [5.41, 5.74) is 0.634. The molecule has 0 saturated carbocycles. The summed E-state index contributed by atoms with van der Waals surface area (Å²) >= 11 is 0. The van der Waals surface area contributed by atoms with E-state index in [-0.39, 0.29) is 12.1 Å². The largest absolute Gasteiger partial charge is 0.493 e. The molecular formula is C21H23F3N4O3. The highest BCUT2D eigenvalue weighted by atomic mass is 19.4. The molecule has 3 heterocycles. The molecule has 166 valence electrons. The first-order valence-electron chi connectivity index (χ1n) is 9.99. The third-order valence-electron chi connectivity index (χ3n) is 5.59. The van der Waals surface area contributed by atoms with Crippen LogP contribution in [0.25, 0.3) is 0 Å². The molecule has 1 saturated heterocycles. The van der Waals surface area contributed by atoms with Crippen LogP contribution in [0.3, 0.4) is 0 Å². The molecule has 1 unspecified atom stereocenters. The summed E-state index contributed by atoms with van der Waals surface area (Å²) in [6.45, 7) is 2.65. The summed E-state index contributed by atoms with van der Waals surface area (Å²) in [7, 11) is 1.52. The van der Waals surface area contributed by atoms with Crippen molar-refractivity contribution in [1.29, 1.82) is 0 Å². The fourth-order valence-corrected chi connectivity index (χ4v) is 3.94. The van der Waals surface area contributed by atoms with Crippen molar-refractivity contribution in [2.75, 3.05) is 45.2 Å². The number of carbonyl (C=O) groups is 1. The monoisotopic (exact) mass is 436 g/mol. The average Bonchev–Trinajstić information content (AvgIpc) is 2.78. The Hall–Kier alpha value is -3.01. The molecule has 7 nitrogen and oxygen atoms in total. The average molecular weight is 436 g/mol. The molecule has 2 aromatic rings. The number of urea groups is 1. The Morgan fingerprint density at radius 3 is 2.61 bits per heavy atom. The van der Waals surface area contributed by atoms with E-state index in [0.717, 1.165) is 17.7 Å². The van der Waals surface area contributed by atoms with Crippen molar-refractivity contribution in [1.82, 2.24) is 14.8 Å². The number of ether oxygens (including phenoxy) is 2. The Kier molecular flexibility index (Phi) is 5.90. The van der Waals surface area contributed by atoms with Crippen LogP contribution in [0.2, 0.25) is 0 Å². The summed E-state index contributed by atoms with van der Waals surface area (Å²) < 4.78 is 49.5. The Balaban J connectivity index is 1.37. The maximum absolute atomic E-state index is 13.0. The summed E-state index contributed by atoms with van der Waals surface area (Å²) in [4.78, 5) is 20.5. The smallest absolute Gasteiger partial charge is 0.416 e. The van der Waals surface area contributed by atoms with Crippen LogP contribution >= 0.6 is 0 Å². The number of piperazine rings is 1. The molecule has 1 aromatic heterocycles. The Labute approximate surface area is 177 Å². The van der Waals surface area contributed by atoms with Gasteiger partial charge in [-0.1, -0.05) is 6.07 Å². The molecule has 10 heteroatoms. The number of methoxy groups -OCH3 is 1. The van der Waals surface area contributed by atoms with Gasteiger partial charge in [0.25, 0.3) is 0 Å². The van der Waals surface area contributed by atoms with Crippen molar-refractivity contribution < 1.29 is 27.4 Å². The molecule has 0 aliphatic carbocycles. The quantitative estimate of drug-likeness (QED) is 0.793. The molecule has 0 spiro atoms. The van der Waals surface area contributed by atoms with Crippen LogP contribution in [0, 0.1) is 0 Å². The highest BCUT2D eigenvalue weighted by Gasteiger charge is 2.35. The summed E-state index contributed by atoms with van der Waals surface area (Å²) in [6, 6.07) is 6.84. The number of benzene rings is 1. The minimum atomic E-state index is -4.40. The first-order valence-corrected chi connectivity index (χ1v) is 9.99. The van der Waals surface area contributed by atoms with Crippen LogP contribution in [0.15, 0.2) is 36.5 Å². The first-order chi connectivity index (χ1) is 14.8. The van der Waals surface area contributed by atoms with Crippen LogP contribution < -0.4 is 14.8 Å². The van der Waals surface area contributed by atoms with Gasteiger partial charge >= 0.3 is 12.2 Å². The van der Waals surface area contributed by atoms with E-state index in [9.17, 15) is 18.0 Å². The minimum Gasteiger partial charge on any atom is -0.493 e. The number of alkyl halides is 3. The van der Waals surface area contributed by atoms with Crippen LogP contribution in [0.5, 0.6) is 11.6 Å². The van der Waals surface area contributed by atoms with E-state index in [0.29, 0.717) is 56.5 Å². The highest BCUT2D eigenvalue weighted by molar-refractivity contribution is 5.89. The lowest BCUT2D eigenvalue weighted by Crippen LogP contribution is -2.51. The molecule has 2 aliphatic rings. The van der Waals surface area contributed by atoms with Gasteiger partial charge in [0.05, 0.1) is 31.2 Å². The third-order valence-corrected chi connectivity index (χ3v) is 5.59. The third kappa shape index (κ3) is 4.68. The first kappa shape index (κ1) is 21.2. The van der Waals surface area contributed by atoms with Gasteiger partial charge in [-0.15, -0.1) is 0 Å². The molecule has 4 rings (SSSR count). The number of carbonyl (C=O) groups excluding carboxylic acids is 1. The standard InChI is InChI=1S/C21H23F3N4O3/c1-30-19-5-3-15(13-25-19)26-20(29)28-9-7-27(8-10-28)17-6-11-31-18-12-14(21(22,23)24)2-4-16(17)18/h2-5,12-13,17H,6-11H2,1H3,(H,26,29). The maximum Gasteiger partial charge on any atom is 0.416 e. The number of pyridine rings is 1. The van der Waals surface area contributed by atoms with Crippen LogP contribution in [-0.2, 0) is 6.18 Å². The Morgan fingerprint density at radius 1 is 1.19 bits per heavy atom. The van der Waals surface area contributed by atoms with E-state index in [2.05, 4.69) is 15.2 Å².